The smallest absolute Gasteiger partial charge is 0.223 e. The van der Waals surface area contributed by atoms with Gasteiger partial charge in [0.2, 0.25) is 5.91 Å². The zero-order valence-electron chi connectivity index (χ0n) is 18.6. The zero-order chi connectivity index (χ0) is 22.5. The molecule has 170 valence electrons. The highest BCUT2D eigenvalue weighted by molar-refractivity contribution is 7.09. The van der Waals surface area contributed by atoms with Gasteiger partial charge >= 0.3 is 0 Å². The molecule has 1 saturated heterocycles. The predicted octanol–water partition coefficient (Wildman–Crippen LogP) is 4.30. The average molecular weight is 460 g/mol. The van der Waals surface area contributed by atoms with Crippen LogP contribution >= 0.6 is 11.3 Å². The number of rotatable bonds is 8. The number of carbonyl (C=O) groups excluding carboxylic acids is 1. The van der Waals surface area contributed by atoms with E-state index in [4.69, 9.17) is 5.10 Å². The van der Waals surface area contributed by atoms with E-state index in [9.17, 15) is 4.79 Å². The normalized spacial score (nSPS) is 15.0. The molecule has 3 aromatic heterocycles. The molecule has 5 rings (SSSR count). The number of hydrogen-bond acceptors (Lipinski definition) is 4. The number of piperidine rings is 1. The van der Waals surface area contributed by atoms with Crippen LogP contribution in [0.1, 0.15) is 23.3 Å². The van der Waals surface area contributed by atoms with Gasteiger partial charge in [-0.3, -0.25) is 9.69 Å². The number of amides is 1. The van der Waals surface area contributed by atoms with Crippen molar-refractivity contribution < 1.29 is 4.79 Å². The molecule has 0 unspecified atom stereocenters. The van der Waals surface area contributed by atoms with Crippen LogP contribution in [0.15, 0.2) is 78.6 Å². The van der Waals surface area contributed by atoms with Gasteiger partial charge in [0.1, 0.15) is 5.82 Å². The fraction of sp³-hybridized carbons (Fsp3) is 0.308. The highest BCUT2D eigenvalue weighted by Crippen LogP contribution is 2.24. The number of aromatic nitrogens is 3. The Hall–Kier alpha value is -3.16. The molecule has 1 aliphatic rings. The number of thiophene rings is 1. The van der Waals surface area contributed by atoms with Crippen LogP contribution in [0.3, 0.4) is 0 Å². The molecule has 1 aliphatic heterocycles. The predicted molar refractivity (Wildman–Crippen MR) is 132 cm³/mol. The Labute approximate surface area is 198 Å². The molecular weight excluding hydrogens is 430 g/mol. The summed E-state index contributed by atoms with van der Waals surface area (Å²) in [7, 11) is 0. The Kier molecular flexibility index (Phi) is 6.69. The molecule has 1 fully saturated rings. The third-order valence-corrected chi connectivity index (χ3v) is 7.21. The lowest BCUT2D eigenvalue weighted by atomic mass is 9.95. The van der Waals surface area contributed by atoms with Gasteiger partial charge in [0.05, 0.1) is 11.9 Å². The van der Waals surface area contributed by atoms with Crippen molar-refractivity contribution in [2.75, 3.05) is 19.6 Å². The lowest BCUT2D eigenvalue weighted by Crippen LogP contribution is -2.40. The van der Waals surface area contributed by atoms with Crippen LogP contribution in [-0.4, -0.2) is 44.8 Å². The van der Waals surface area contributed by atoms with Gasteiger partial charge in [-0.25, -0.2) is 4.68 Å². The lowest BCUT2D eigenvalue weighted by Gasteiger charge is -2.31. The summed E-state index contributed by atoms with van der Waals surface area (Å²) in [4.78, 5) is 16.4. The van der Waals surface area contributed by atoms with Gasteiger partial charge in [0, 0.05) is 41.8 Å². The van der Waals surface area contributed by atoms with Crippen molar-refractivity contribution >= 4 is 17.2 Å². The third kappa shape index (κ3) is 5.10. The largest absolute Gasteiger partial charge is 0.355 e. The molecule has 0 radical (unpaired) electrons. The Morgan fingerprint density at radius 1 is 1.03 bits per heavy atom. The number of nitrogens with one attached hydrogen (secondary N) is 1. The molecule has 0 saturated carbocycles. The quantitative estimate of drug-likeness (QED) is 0.428. The van der Waals surface area contributed by atoms with Crippen molar-refractivity contribution in [1.29, 1.82) is 0 Å². The second-order valence-electron chi connectivity index (χ2n) is 8.50. The third-order valence-electron chi connectivity index (χ3n) is 6.27. The Morgan fingerprint density at radius 3 is 2.55 bits per heavy atom. The summed E-state index contributed by atoms with van der Waals surface area (Å²) in [6.07, 6.45) is 8.81. The minimum absolute atomic E-state index is 0.112. The number of hydrogen-bond donors (Lipinski definition) is 1. The number of benzene rings is 1. The van der Waals surface area contributed by atoms with Crippen LogP contribution < -0.4 is 5.32 Å². The first-order valence-electron chi connectivity index (χ1n) is 11.6. The standard InChI is InChI=1S/C26H29N5OS/c32-25(27-13-10-24-9-6-18-33-24)21-11-16-29(17-12-21)20-22-19-28-31(23-7-2-1-3-8-23)26(22)30-14-4-5-15-30/h1-9,14-15,18-19,21H,10-13,16-17,20H2,(H,27,32). The molecule has 4 heterocycles. The van der Waals surface area contributed by atoms with Crippen molar-refractivity contribution in [2.24, 2.45) is 5.92 Å². The lowest BCUT2D eigenvalue weighted by molar-refractivity contribution is -0.126. The minimum Gasteiger partial charge on any atom is -0.355 e. The maximum atomic E-state index is 12.6. The van der Waals surface area contributed by atoms with Crippen LogP contribution in [-0.2, 0) is 17.8 Å². The van der Waals surface area contributed by atoms with Crippen molar-refractivity contribution in [3.05, 3.63) is 89.0 Å². The van der Waals surface area contributed by atoms with E-state index >= 15 is 0 Å². The summed E-state index contributed by atoms with van der Waals surface area (Å²) in [6, 6.07) is 18.5. The van der Waals surface area contributed by atoms with Gasteiger partial charge in [0.15, 0.2) is 0 Å². The first-order chi connectivity index (χ1) is 16.3. The molecule has 0 atom stereocenters. The monoisotopic (exact) mass is 459 g/mol. The molecule has 0 spiro atoms. The molecule has 1 amide bonds. The van der Waals surface area contributed by atoms with Crippen LogP contribution in [0, 0.1) is 5.92 Å². The van der Waals surface area contributed by atoms with Crippen LogP contribution in [0.5, 0.6) is 0 Å². The molecular formula is C26H29N5OS. The minimum atomic E-state index is 0.112. The van der Waals surface area contributed by atoms with E-state index in [1.54, 1.807) is 11.3 Å². The van der Waals surface area contributed by atoms with Gasteiger partial charge in [-0.1, -0.05) is 24.3 Å². The number of para-hydroxylation sites is 1. The fourth-order valence-corrected chi connectivity index (χ4v) is 5.21. The summed E-state index contributed by atoms with van der Waals surface area (Å²) in [5.41, 5.74) is 2.24. The molecule has 33 heavy (non-hydrogen) atoms. The van der Waals surface area contributed by atoms with E-state index in [0.717, 1.165) is 56.9 Å². The van der Waals surface area contributed by atoms with E-state index in [-0.39, 0.29) is 11.8 Å². The first kappa shape index (κ1) is 21.7. The summed E-state index contributed by atoms with van der Waals surface area (Å²) in [6.45, 7) is 3.39. The van der Waals surface area contributed by atoms with E-state index in [1.165, 1.54) is 10.4 Å². The molecule has 1 aromatic carbocycles. The summed E-state index contributed by atoms with van der Waals surface area (Å²) in [5, 5.41) is 9.93. The van der Waals surface area contributed by atoms with Crippen molar-refractivity contribution in [3.63, 3.8) is 0 Å². The molecule has 0 bridgehead atoms. The SMILES string of the molecule is O=C(NCCc1cccs1)C1CCN(Cc2cnn(-c3ccccc3)c2-n2cccc2)CC1. The number of carbonyl (C=O) groups is 1. The van der Waals surface area contributed by atoms with E-state index < -0.39 is 0 Å². The van der Waals surface area contributed by atoms with Gasteiger partial charge in [0.25, 0.3) is 0 Å². The van der Waals surface area contributed by atoms with Gasteiger partial charge in [-0.05, 0) is 68.1 Å². The Morgan fingerprint density at radius 2 is 1.82 bits per heavy atom. The van der Waals surface area contributed by atoms with E-state index in [2.05, 4.69) is 56.8 Å². The zero-order valence-corrected chi connectivity index (χ0v) is 19.5. The van der Waals surface area contributed by atoms with E-state index in [0.29, 0.717) is 0 Å². The van der Waals surface area contributed by atoms with Crippen LogP contribution in [0.25, 0.3) is 11.5 Å². The highest BCUT2D eigenvalue weighted by Gasteiger charge is 2.26. The summed E-state index contributed by atoms with van der Waals surface area (Å²) in [5.74, 6) is 1.39. The van der Waals surface area contributed by atoms with Crippen LogP contribution in [0.2, 0.25) is 0 Å². The second kappa shape index (κ2) is 10.2. The fourth-order valence-electron chi connectivity index (χ4n) is 4.50. The van der Waals surface area contributed by atoms with Gasteiger partial charge in [-0.2, -0.15) is 5.10 Å². The van der Waals surface area contributed by atoms with E-state index in [1.807, 2.05) is 41.2 Å². The molecule has 4 aromatic rings. The second-order valence-corrected chi connectivity index (χ2v) is 9.53. The van der Waals surface area contributed by atoms with Crippen LogP contribution in [0.4, 0.5) is 0 Å². The van der Waals surface area contributed by atoms with Crippen molar-refractivity contribution in [1.82, 2.24) is 24.6 Å². The molecule has 7 heteroatoms. The number of nitrogens with zero attached hydrogens (tertiary/aromatic N) is 4. The average Bonchev–Trinajstić information content (AvgIpc) is 3.62. The number of likely N-dealkylation sites (tertiary alicyclic amines) is 1. The summed E-state index contributed by atoms with van der Waals surface area (Å²) < 4.78 is 4.13. The molecule has 0 aliphatic carbocycles. The van der Waals surface area contributed by atoms with Crippen molar-refractivity contribution in [3.8, 4) is 11.5 Å². The highest BCUT2D eigenvalue weighted by atomic mass is 32.1. The maximum absolute atomic E-state index is 12.6. The topological polar surface area (TPSA) is 55.1 Å². The first-order valence-corrected chi connectivity index (χ1v) is 12.4. The van der Waals surface area contributed by atoms with Gasteiger partial charge in [-0.15, -0.1) is 11.3 Å². The Balaban J connectivity index is 1.20. The Bertz CT molecular complexity index is 1140. The maximum Gasteiger partial charge on any atom is 0.223 e. The van der Waals surface area contributed by atoms with Gasteiger partial charge < -0.3 is 9.88 Å². The summed E-state index contributed by atoms with van der Waals surface area (Å²) >= 11 is 1.75. The van der Waals surface area contributed by atoms with Crippen molar-refractivity contribution in [2.45, 2.75) is 25.8 Å². The molecule has 6 nitrogen and oxygen atoms in total. The molecule has 1 N–H and O–H groups in total.